The largest absolute Gasteiger partial charge is 0.337 e. The van der Waals surface area contributed by atoms with Crippen molar-refractivity contribution in [3.63, 3.8) is 0 Å². The van der Waals surface area contributed by atoms with Crippen LogP contribution in [-0.4, -0.2) is 56.1 Å². The summed E-state index contributed by atoms with van der Waals surface area (Å²) >= 11 is 0. The summed E-state index contributed by atoms with van der Waals surface area (Å²) in [5.74, 6) is 0. The van der Waals surface area contributed by atoms with Gasteiger partial charge in [-0.2, -0.15) is 0 Å². The Morgan fingerprint density at radius 3 is 2.38 bits per heavy atom. The number of amides is 2. The molecule has 0 radical (unpaired) electrons. The Morgan fingerprint density at radius 1 is 1.31 bits per heavy atom. The Kier molecular flexibility index (Phi) is 4.59. The average molecular weight is 227 g/mol. The molecule has 1 rings (SSSR count). The lowest BCUT2D eigenvalue weighted by Gasteiger charge is -2.29. The van der Waals surface area contributed by atoms with Crippen molar-refractivity contribution in [3.8, 4) is 0 Å². The summed E-state index contributed by atoms with van der Waals surface area (Å²) in [5.41, 5.74) is 0.124. The molecule has 0 saturated carbocycles. The lowest BCUT2D eigenvalue weighted by molar-refractivity contribution is 0.192. The van der Waals surface area contributed by atoms with Crippen LogP contribution in [0.5, 0.6) is 0 Å². The summed E-state index contributed by atoms with van der Waals surface area (Å²) in [5, 5.41) is 3.03. The van der Waals surface area contributed by atoms with Crippen LogP contribution in [-0.2, 0) is 0 Å². The van der Waals surface area contributed by atoms with Crippen molar-refractivity contribution in [1.82, 2.24) is 15.1 Å². The number of carbonyl (C=O) groups is 1. The van der Waals surface area contributed by atoms with Gasteiger partial charge in [-0.3, -0.25) is 0 Å². The maximum absolute atomic E-state index is 11.8. The van der Waals surface area contributed by atoms with Gasteiger partial charge in [-0.25, -0.2) is 4.79 Å². The van der Waals surface area contributed by atoms with Crippen molar-refractivity contribution in [2.24, 2.45) is 5.41 Å². The first-order chi connectivity index (χ1) is 7.41. The molecule has 16 heavy (non-hydrogen) atoms. The van der Waals surface area contributed by atoms with Crippen molar-refractivity contribution < 1.29 is 4.79 Å². The topological polar surface area (TPSA) is 35.6 Å². The van der Waals surface area contributed by atoms with E-state index in [-0.39, 0.29) is 11.4 Å². The fourth-order valence-corrected chi connectivity index (χ4v) is 2.26. The van der Waals surface area contributed by atoms with Crippen molar-refractivity contribution in [2.45, 2.75) is 26.7 Å². The fourth-order valence-electron chi connectivity index (χ4n) is 2.26. The lowest BCUT2D eigenvalue weighted by atomic mass is 9.93. The van der Waals surface area contributed by atoms with Gasteiger partial charge in [0.05, 0.1) is 0 Å². The molecule has 2 amide bonds. The summed E-state index contributed by atoms with van der Waals surface area (Å²) in [6, 6.07) is 0.101. The molecule has 94 valence electrons. The molecule has 0 aromatic carbocycles. The van der Waals surface area contributed by atoms with Crippen LogP contribution in [0.4, 0.5) is 4.79 Å². The first-order valence-electron chi connectivity index (χ1n) is 6.08. The minimum Gasteiger partial charge on any atom is -0.337 e. The predicted octanol–water partition coefficient (Wildman–Crippen LogP) is 1.38. The summed E-state index contributed by atoms with van der Waals surface area (Å²) in [7, 11) is 4.12. The Hall–Kier alpha value is -0.770. The molecule has 0 aromatic heterocycles. The van der Waals surface area contributed by atoms with Crippen LogP contribution >= 0.6 is 0 Å². The quantitative estimate of drug-likeness (QED) is 0.787. The van der Waals surface area contributed by atoms with E-state index in [0.717, 1.165) is 39.0 Å². The van der Waals surface area contributed by atoms with Gasteiger partial charge in [0.1, 0.15) is 0 Å². The van der Waals surface area contributed by atoms with Crippen LogP contribution in [0.3, 0.4) is 0 Å². The SMILES string of the molecule is CN(C)CC(C)(C)CNC(=O)N1CCCC1. The molecular formula is C12H25N3O. The summed E-state index contributed by atoms with van der Waals surface area (Å²) in [6.07, 6.45) is 2.29. The molecule has 4 heteroatoms. The Labute approximate surface area is 99.0 Å². The van der Waals surface area contributed by atoms with Crippen LogP contribution in [0.1, 0.15) is 26.7 Å². The molecule has 0 atom stereocenters. The second-order valence-corrected chi connectivity index (χ2v) is 5.75. The van der Waals surface area contributed by atoms with Crippen molar-refractivity contribution in [1.29, 1.82) is 0 Å². The first kappa shape index (κ1) is 13.3. The molecular weight excluding hydrogens is 202 g/mol. The summed E-state index contributed by atoms with van der Waals surface area (Å²) in [4.78, 5) is 15.8. The highest BCUT2D eigenvalue weighted by Crippen LogP contribution is 2.15. The van der Waals surface area contributed by atoms with Crippen molar-refractivity contribution >= 4 is 6.03 Å². The van der Waals surface area contributed by atoms with Gasteiger partial charge in [-0.05, 0) is 32.4 Å². The van der Waals surface area contributed by atoms with Crippen LogP contribution < -0.4 is 5.32 Å². The van der Waals surface area contributed by atoms with Gasteiger partial charge in [-0.1, -0.05) is 13.8 Å². The Bertz CT molecular complexity index is 232. The van der Waals surface area contributed by atoms with E-state index in [1.807, 2.05) is 4.90 Å². The molecule has 1 N–H and O–H groups in total. The zero-order valence-electron chi connectivity index (χ0n) is 11.0. The summed E-state index contributed by atoms with van der Waals surface area (Å²) < 4.78 is 0. The third kappa shape index (κ3) is 4.39. The van der Waals surface area contributed by atoms with E-state index < -0.39 is 0 Å². The third-order valence-electron chi connectivity index (χ3n) is 2.86. The maximum atomic E-state index is 11.8. The predicted molar refractivity (Wildman–Crippen MR) is 66.5 cm³/mol. The molecule has 1 fully saturated rings. The second-order valence-electron chi connectivity index (χ2n) is 5.75. The van der Waals surface area contributed by atoms with Gasteiger partial charge in [-0.15, -0.1) is 0 Å². The van der Waals surface area contributed by atoms with Crippen LogP contribution in [0.2, 0.25) is 0 Å². The number of nitrogens with one attached hydrogen (secondary N) is 1. The molecule has 1 aliphatic heterocycles. The van der Waals surface area contributed by atoms with Gasteiger partial charge in [0.15, 0.2) is 0 Å². The zero-order chi connectivity index (χ0) is 12.2. The molecule has 0 aromatic rings. The van der Waals surface area contributed by atoms with Crippen molar-refractivity contribution in [3.05, 3.63) is 0 Å². The smallest absolute Gasteiger partial charge is 0.317 e. The van der Waals surface area contributed by atoms with E-state index in [4.69, 9.17) is 0 Å². The average Bonchev–Trinajstić information content (AvgIpc) is 2.64. The Balaban J connectivity index is 2.29. The number of hydrogen-bond donors (Lipinski definition) is 1. The number of urea groups is 1. The molecule has 1 heterocycles. The van der Waals surface area contributed by atoms with Crippen LogP contribution in [0, 0.1) is 5.41 Å². The number of nitrogens with zero attached hydrogens (tertiary/aromatic N) is 2. The van der Waals surface area contributed by atoms with Gasteiger partial charge in [0.2, 0.25) is 0 Å². The minimum atomic E-state index is 0.101. The maximum Gasteiger partial charge on any atom is 0.317 e. The fraction of sp³-hybridized carbons (Fsp3) is 0.917. The third-order valence-corrected chi connectivity index (χ3v) is 2.86. The lowest BCUT2D eigenvalue weighted by Crippen LogP contribution is -2.44. The second kappa shape index (κ2) is 5.53. The monoisotopic (exact) mass is 227 g/mol. The van der Waals surface area contributed by atoms with E-state index in [9.17, 15) is 4.79 Å². The van der Waals surface area contributed by atoms with E-state index >= 15 is 0 Å². The molecule has 4 nitrogen and oxygen atoms in total. The number of hydrogen-bond acceptors (Lipinski definition) is 2. The molecule has 0 aliphatic carbocycles. The number of likely N-dealkylation sites (tertiary alicyclic amines) is 1. The molecule has 0 unspecified atom stereocenters. The molecule has 1 aliphatic rings. The molecule has 0 bridgehead atoms. The highest BCUT2D eigenvalue weighted by atomic mass is 16.2. The minimum absolute atomic E-state index is 0.101. The van der Waals surface area contributed by atoms with E-state index in [1.54, 1.807) is 0 Å². The van der Waals surface area contributed by atoms with Gasteiger partial charge in [0, 0.05) is 26.2 Å². The standard InChI is InChI=1S/C12H25N3O/c1-12(2,10-14(3)4)9-13-11(16)15-7-5-6-8-15/h5-10H2,1-4H3,(H,13,16). The first-order valence-corrected chi connectivity index (χ1v) is 6.08. The van der Waals surface area contributed by atoms with E-state index in [1.165, 1.54) is 0 Å². The summed E-state index contributed by atoms with van der Waals surface area (Å²) in [6.45, 7) is 7.90. The normalized spacial score (nSPS) is 16.9. The van der Waals surface area contributed by atoms with Gasteiger partial charge in [0.25, 0.3) is 0 Å². The van der Waals surface area contributed by atoms with E-state index in [2.05, 4.69) is 38.2 Å². The highest BCUT2D eigenvalue weighted by molar-refractivity contribution is 5.74. The number of carbonyl (C=O) groups excluding carboxylic acids is 1. The molecule has 1 saturated heterocycles. The van der Waals surface area contributed by atoms with Crippen LogP contribution in [0.25, 0.3) is 0 Å². The molecule has 0 spiro atoms. The van der Waals surface area contributed by atoms with Gasteiger partial charge >= 0.3 is 6.03 Å². The van der Waals surface area contributed by atoms with E-state index in [0.29, 0.717) is 0 Å². The zero-order valence-corrected chi connectivity index (χ0v) is 11.0. The highest BCUT2D eigenvalue weighted by Gasteiger charge is 2.22. The Morgan fingerprint density at radius 2 is 1.88 bits per heavy atom. The number of rotatable bonds is 4. The van der Waals surface area contributed by atoms with Crippen LogP contribution in [0.15, 0.2) is 0 Å². The van der Waals surface area contributed by atoms with Crippen molar-refractivity contribution in [2.75, 3.05) is 40.3 Å². The van der Waals surface area contributed by atoms with Gasteiger partial charge < -0.3 is 15.1 Å².